The Hall–Kier alpha value is -2.94. The molecule has 0 aliphatic rings. The van der Waals surface area contributed by atoms with Gasteiger partial charge in [-0.05, 0) is 32.9 Å². The Morgan fingerprint density at radius 1 is 1.30 bits per heavy atom. The highest BCUT2D eigenvalue weighted by Gasteiger charge is 2.17. The number of hydrogen-bond donors (Lipinski definition) is 2. The highest BCUT2D eigenvalue weighted by Crippen LogP contribution is 2.30. The number of carbonyl (C=O) groups is 1. The van der Waals surface area contributed by atoms with E-state index in [1.54, 1.807) is 24.9 Å². The summed E-state index contributed by atoms with van der Waals surface area (Å²) in [7, 11) is 3.13. The summed E-state index contributed by atoms with van der Waals surface area (Å²) in [6.07, 6.45) is 0. The summed E-state index contributed by atoms with van der Waals surface area (Å²) >= 11 is 1.24. The molecule has 30 heavy (non-hydrogen) atoms. The number of rotatable bonds is 8. The SMILES string of the molecule is COc1cccc(CNC(=O)CSc2nc3cc(C)[nH]c3c(=O)n2C(C)C)c1OC. The number of benzene rings is 1. The Morgan fingerprint density at radius 3 is 2.73 bits per heavy atom. The van der Waals surface area contributed by atoms with Crippen molar-refractivity contribution in [3.05, 3.63) is 45.9 Å². The maximum absolute atomic E-state index is 12.8. The number of aromatic amines is 1. The second-order valence-corrected chi connectivity index (χ2v) is 8.04. The molecule has 0 radical (unpaired) electrons. The molecule has 2 heterocycles. The summed E-state index contributed by atoms with van der Waals surface area (Å²) < 4.78 is 12.3. The molecule has 3 aromatic rings. The van der Waals surface area contributed by atoms with E-state index < -0.39 is 0 Å². The lowest BCUT2D eigenvalue weighted by atomic mass is 10.2. The molecule has 0 aliphatic heterocycles. The minimum atomic E-state index is -0.167. The molecular weight excluding hydrogens is 404 g/mol. The molecule has 8 nitrogen and oxygen atoms in total. The second-order valence-electron chi connectivity index (χ2n) is 7.09. The number of para-hydroxylation sites is 1. The van der Waals surface area contributed by atoms with Crippen LogP contribution in [0.5, 0.6) is 11.5 Å². The number of ether oxygens (including phenoxy) is 2. The van der Waals surface area contributed by atoms with Crippen molar-refractivity contribution in [2.24, 2.45) is 0 Å². The second kappa shape index (κ2) is 9.25. The predicted octanol–water partition coefficient (Wildman–Crippen LogP) is 3.04. The van der Waals surface area contributed by atoms with Gasteiger partial charge < -0.3 is 19.8 Å². The molecule has 0 saturated heterocycles. The number of thioether (sulfide) groups is 1. The first-order valence-electron chi connectivity index (χ1n) is 9.57. The van der Waals surface area contributed by atoms with E-state index in [1.165, 1.54) is 11.8 Å². The van der Waals surface area contributed by atoms with Crippen molar-refractivity contribution < 1.29 is 14.3 Å². The summed E-state index contributed by atoms with van der Waals surface area (Å²) in [6.45, 7) is 6.03. The number of fused-ring (bicyclic) bond motifs is 1. The first kappa shape index (κ1) is 21.8. The number of nitrogens with zero attached hydrogens (tertiary/aromatic N) is 2. The van der Waals surface area contributed by atoms with Gasteiger partial charge in [-0.25, -0.2) is 4.98 Å². The monoisotopic (exact) mass is 430 g/mol. The van der Waals surface area contributed by atoms with Crippen LogP contribution in [0.15, 0.2) is 34.2 Å². The summed E-state index contributed by atoms with van der Waals surface area (Å²) in [6, 6.07) is 7.27. The van der Waals surface area contributed by atoms with Gasteiger partial charge in [0.05, 0.1) is 25.5 Å². The van der Waals surface area contributed by atoms with Crippen LogP contribution in [0.25, 0.3) is 11.0 Å². The number of methoxy groups -OCH3 is 2. The van der Waals surface area contributed by atoms with Gasteiger partial charge >= 0.3 is 0 Å². The topological polar surface area (TPSA) is 98.2 Å². The quantitative estimate of drug-likeness (QED) is 0.421. The maximum atomic E-state index is 12.8. The Bertz CT molecular complexity index is 1120. The average Bonchev–Trinajstić information content (AvgIpc) is 3.10. The molecule has 0 atom stereocenters. The van der Waals surface area contributed by atoms with E-state index in [0.29, 0.717) is 34.2 Å². The largest absolute Gasteiger partial charge is 0.493 e. The number of aryl methyl sites for hydroxylation is 1. The van der Waals surface area contributed by atoms with Crippen molar-refractivity contribution >= 4 is 28.7 Å². The number of carbonyl (C=O) groups excluding carboxylic acids is 1. The molecule has 0 fully saturated rings. The van der Waals surface area contributed by atoms with Crippen LogP contribution < -0.4 is 20.3 Å². The van der Waals surface area contributed by atoms with E-state index in [1.807, 2.05) is 39.0 Å². The van der Waals surface area contributed by atoms with Crippen molar-refractivity contribution in [1.29, 1.82) is 0 Å². The fourth-order valence-corrected chi connectivity index (χ4v) is 4.17. The molecule has 0 bridgehead atoms. The first-order chi connectivity index (χ1) is 14.3. The number of aromatic nitrogens is 3. The number of hydrogen-bond acceptors (Lipinski definition) is 6. The van der Waals surface area contributed by atoms with Crippen molar-refractivity contribution in [3.8, 4) is 11.5 Å². The van der Waals surface area contributed by atoms with Crippen LogP contribution in [0.2, 0.25) is 0 Å². The molecule has 0 saturated carbocycles. The summed E-state index contributed by atoms with van der Waals surface area (Å²) in [5.74, 6) is 1.18. The zero-order valence-electron chi connectivity index (χ0n) is 17.7. The lowest BCUT2D eigenvalue weighted by Gasteiger charge is -2.15. The van der Waals surface area contributed by atoms with Crippen molar-refractivity contribution in [2.45, 2.75) is 38.5 Å². The molecule has 160 valence electrons. The molecule has 1 amide bonds. The summed E-state index contributed by atoms with van der Waals surface area (Å²) in [4.78, 5) is 33.0. The lowest BCUT2D eigenvalue weighted by Crippen LogP contribution is -2.27. The van der Waals surface area contributed by atoms with Gasteiger partial charge in [0.25, 0.3) is 5.56 Å². The van der Waals surface area contributed by atoms with Gasteiger partial charge in [0.15, 0.2) is 16.7 Å². The number of H-pyrrole nitrogens is 1. The van der Waals surface area contributed by atoms with Crippen LogP contribution in [0.3, 0.4) is 0 Å². The van der Waals surface area contributed by atoms with Gasteiger partial charge in [-0.1, -0.05) is 23.9 Å². The van der Waals surface area contributed by atoms with E-state index in [0.717, 1.165) is 11.3 Å². The number of nitrogens with one attached hydrogen (secondary N) is 2. The molecular formula is C21H26N4O4S. The van der Waals surface area contributed by atoms with Crippen LogP contribution in [-0.2, 0) is 11.3 Å². The zero-order chi connectivity index (χ0) is 21.8. The maximum Gasteiger partial charge on any atom is 0.278 e. The standard InChI is InChI=1S/C21H26N4O4S/c1-12(2)25-20(27)18-15(9-13(3)23-18)24-21(25)30-11-17(26)22-10-14-7-6-8-16(28-4)19(14)29-5/h6-9,12,23H,10-11H2,1-5H3,(H,22,26). The van der Waals surface area contributed by atoms with Crippen LogP contribution >= 0.6 is 11.8 Å². The Balaban J connectivity index is 1.73. The van der Waals surface area contributed by atoms with E-state index in [-0.39, 0.29) is 23.3 Å². The first-order valence-corrected chi connectivity index (χ1v) is 10.6. The highest BCUT2D eigenvalue weighted by molar-refractivity contribution is 7.99. The van der Waals surface area contributed by atoms with Gasteiger partial charge in [-0.3, -0.25) is 14.2 Å². The molecule has 0 aliphatic carbocycles. The fraction of sp³-hybridized carbons (Fsp3) is 0.381. The predicted molar refractivity (Wildman–Crippen MR) is 118 cm³/mol. The average molecular weight is 431 g/mol. The van der Waals surface area contributed by atoms with Crippen molar-refractivity contribution in [3.63, 3.8) is 0 Å². The van der Waals surface area contributed by atoms with Crippen molar-refractivity contribution in [1.82, 2.24) is 19.9 Å². The third-order valence-electron chi connectivity index (χ3n) is 4.60. The Kier molecular flexibility index (Phi) is 6.71. The number of amides is 1. The summed E-state index contributed by atoms with van der Waals surface area (Å²) in [5, 5.41) is 3.41. The minimum Gasteiger partial charge on any atom is -0.493 e. The highest BCUT2D eigenvalue weighted by atomic mass is 32.2. The Labute approximate surface area is 179 Å². The molecule has 0 unspecified atom stereocenters. The van der Waals surface area contributed by atoms with Crippen molar-refractivity contribution in [2.75, 3.05) is 20.0 Å². The van der Waals surface area contributed by atoms with Gasteiger partial charge in [-0.15, -0.1) is 0 Å². The molecule has 2 aromatic heterocycles. The fourth-order valence-electron chi connectivity index (χ4n) is 3.22. The molecule has 9 heteroatoms. The van der Waals surface area contributed by atoms with Crippen LogP contribution in [0.1, 0.15) is 31.1 Å². The van der Waals surface area contributed by atoms with E-state index in [9.17, 15) is 9.59 Å². The molecule has 0 spiro atoms. The zero-order valence-corrected chi connectivity index (χ0v) is 18.6. The lowest BCUT2D eigenvalue weighted by molar-refractivity contribution is -0.118. The van der Waals surface area contributed by atoms with Gasteiger partial charge in [-0.2, -0.15) is 0 Å². The summed E-state index contributed by atoms with van der Waals surface area (Å²) in [5.41, 5.74) is 2.65. The van der Waals surface area contributed by atoms with Gasteiger partial charge in [0, 0.05) is 23.8 Å². The van der Waals surface area contributed by atoms with E-state index in [2.05, 4.69) is 15.3 Å². The van der Waals surface area contributed by atoms with E-state index in [4.69, 9.17) is 9.47 Å². The van der Waals surface area contributed by atoms with Crippen LogP contribution in [-0.4, -0.2) is 40.4 Å². The van der Waals surface area contributed by atoms with E-state index >= 15 is 0 Å². The van der Waals surface area contributed by atoms with Gasteiger partial charge in [0.1, 0.15) is 5.52 Å². The third kappa shape index (κ3) is 4.46. The smallest absolute Gasteiger partial charge is 0.278 e. The Morgan fingerprint density at radius 2 is 2.07 bits per heavy atom. The van der Waals surface area contributed by atoms with Gasteiger partial charge in [0.2, 0.25) is 5.91 Å². The molecule has 1 aromatic carbocycles. The van der Waals surface area contributed by atoms with Crippen LogP contribution in [0.4, 0.5) is 0 Å². The minimum absolute atomic E-state index is 0.0791. The molecule has 3 rings (SSSR count). The third-order valence-corrected chi connectivity index (χ3v) is 5.55. The molecule has 2 N–H and O–H groups in total. The normalized spacial score (nSPS) is 11.1. The van der Waals surface area contributed by atoms with Crippen LogP contribution in [0, 0.1) is 6.92 Å².